The third kappa shape index (κ3) is 3.56. The van der Waals surface area contributed by atoms with Gasteiger partial charge in [-0.05, 0) is 30.7 Å². The largest absolute Gasteiger partial charge is 0.490 e. The van der Waals surface area contributed by atoms with E-state index in [4.69, 9.17) is 32.7 Å². The topological polar surface area (TPSA) is 84.9 Å². The molecular weight excluding hydrogens is 439 g/mol. The molecule has 1 fully saturated rings. The molecule has 0 radical (unpaired) electrons. The van der Waals surface area contributed by atoms with Crippen LogP contribution in [0.3, 0.4) is 0 Å². The molecule has 3 heterocycles. The average Bonchev–Trinajstić information content (AvgIpc) is 3.00. The van der Waals surface area contributed by atoms with E-state index in [2.05, 4.69) is 5.32 Å². The molecule has 10 heteroatoms. The van der Waals surface area contributed by atoms with E-state index in [1.807, 2.05) is 0 Å². The zero-order valence-electron chi connectivity index (χ0n) is 15.3. The zero-order valence-corrected chi connectivity index (χ0v) is 17.6. The number of nitrogens with zero attached hydrogens (tertiary/aromatic N) is 1. The quantitative estimate of drug-likeness (QED) is 0.559. The van der Waals surface area contributed by atoms with Crippen LogP contribution in [0.15, 0.2) is 24.3 Å². The summed E-state index contributed by atoms with van der Waals surface area (Å²) in [6.45, 7) is 2.20. The molecule has 29 heavy (non-hydrogen) atoms. The maximum absolute atomic E-state index is 13.1. The lowest BCUT2D eigenvalue weighted by molar-refractivity contribution is -0.130. The molecule has 0 aliphatic carbocycles. The van der Waals surface area contributed by atoms with Crippen LogP contribution in [0.1, 0.15) is 29.3 Å². The summed E-state index contributed by atoms with van der Waals surface area (Å²) in [7, 11) is 0. The minimum absolute atomic E-state index is 0.187. The van der Waals surface area contributed by atoms with E-state index in [-0.39, 0.29) is 9.90 Å². The average molecular weight is 455 g/mol. The first kappa shape index (κ1) is 20.0. The monoisotopic (exact) mass is 454 g/mol. The van der Waals surface area contributed by atoms with Gasteiger partial charge in [-0.1, -0.05) is 29.3 Å². The van der Waals surface area contributed by atoms with Crippen LogP contribution < -0.4 is 14.8 Å². The van der Waals surface area contributed by atoms with Crippen molar-refractivity contribution >= 4 is 52.3 Å². The number of imide groups is 1. The Morgan fingerprint density at radius 3 is 2.62 bits per heavy atom. The zero-order chi connectivity index (χ0) is 20.8. The number of thiophene rings is 1. The van der Waals surface area contributed by atoms with Gasteiger partial charge in [-0.2, -0.15) is 0 Å². The summed E-state index contributed by atoms with van der Waals surface area (Å²) >= 11 is 12.9. The minimum atomic E-state index is -1.34. The molecule has 1 saturated heterocycles. The fourth-order valence-electron chi connectivity index (χ4n) is 3.27. The van der Waals surface area contributed by atoms with Crippen LogP contribution in [0.5, 0.6) is 11.5 Å². The SMILES string of the molecule is C[C@@]1(c2ccc3c(c2)OCCCO3)NC(=O)N(CC(=O)c2cc(Cl)sc2Cl)C1=O. The Labute approximate surface area is 180 Å². The third-order valence-electron chi connectivity index (χ3n) is 4.86. The maximum atomic E-state index is 13.1. The predicted octanol–water partition coefficient (Wildman–Crippen LogP) is 3.87. The minimum Gasteiger partial charge on any atom is -0.490 e. The highest BCUT2D eigenvalue weighted by atomic mass is 35.5. The van der Waals surface area contributed by atoms with E-state index in [0.717, 1.165) is 22.7 Å². The molecular formula is C19H16Cl2N2O5S. The highest BCUT2D eigenvalue weighted by molar-refractivity contribution is 7.20. The second-order valence-electron chi connectivity index (χ2n) is 6.82. The van der Waals surface area contributed by atoms with Crippen molar-refractivity contribution in [2.45, 2.75) is 18.9 Å². The van der Waals surface area contributed by atoms with Crippen molar-refractivity contribution < 1.29 is 23.9 Å². The standard InChI is InChI=1S/C19H16Cl2N2O5S/c1-19(10-3-4-13-14(7-10)28-6-2-5-27-13)17(25)23(18(26)22-19)9-12(24)11-8-15(20)29-16(11)21/h3-4,7-8H,2,5-6,9H2,1H3,(H,22,26)/t19-/m0/s1. The van der Waals surface area contributed by atoms with Crippen LogP contribution in [0.25, 0.3) is 0 Å². The third-order valence-corrected chi connectivity index (χ3v) is 6.35. The van der Waals surface area contributed by atoms with E-state index >= 15 is 0 Å². The second-order valence-corrected chi connectivity index (χ2v) is 9.11. The predicted molar refractivity (Wildman–Crippen MR) is 108 cm³/mol. The summed E-state index contributed by atoms with van der Waals surface area (Å²) in [6.07, 6.45) is 0.752. The van der Waals surface area contributed by atoms with Gasteiger partial charge in [0.05, 0.1) is 29.7 Å². The normalized spacial score (nSPS) is 21.1. The number of ketones is 1. The van der Waals surface area contributed by atoms with Crippen molar-refractivity contribution in [2.24, 2.45) is 0 Å². The number of ether oxygens (including phenoxy) is 2. The van der Waals surface area contributed by atoms with Gasteiger partial charge < -0.3 is 14.8 Å². The number of fused-ring (bicyclic) bond motifs is 1. The van der Waals surface area contributed by atoms with Gasteiger partial charge in [-0.25, -0.2) is 4.79 Å². The smallest absolute Gasteiger partial charge is 0.325 e. The van der Waals surface area contributed by atoms with Crippen molar-refractivity contribution in [1.29, 1.82) is 0 Å². The van der Waals surface area contributed by atoms with Crippen molar-refractivity contribution in [3.63, 3.8) is 0 Å². The number of amides is 3. The molecule has 1 aromatic heterocycles. The Morgan fingerprint density at radius 2 is 1.93 bits per heavy atom. The highest BCUT2D eigenvalue weighted by Crippen LogP contribution is 2.37. The summed E-state index contributed by atoms with van der Waals surface area (Å²) in [5, 5.41) is 2.68. The Kier molecular flexibility index (Phi) is 5.18. The van der Waals surface area contributed by atoms with E-state index < -0.39 is 29.8 Å². The molecule has 7 nitrogen and oxygen atoms in total. The molecule has 1 N–H and O–H groups in total. The summed E-state index contributed by atoms with van der Waals surface area (Å²) in [5.74, 6) is 0.0903. The Morgan fingerprint density at radius 1 is 1.21 bits per heavy atom. The number of benzene rings is 1. The molecule has 3 amide bonds. The van der Waals surface area contributed by atoms with Gasteiger partial charge in [-0.3, -0.25) is 14.5 Å². The molecule has 1 atom stereocenters. The fraction of sp³-hybridized carbons (Fsp3) is 0.316. The molecule has 152 valence electrons. The van der Waals surface area contributed by atoms with Gasteiger partial charge in [0.2, 0.25) is 0 Å². The number of urea groups is 1. The van der Waals surface area contributed by atoms with Crippen LogP contribution in [0.4, 0.5) is 4.79 Å². The number of nitrogens with one attached hydrogen (secondary N) is 1. The van der Waals surface area contributed by atoms with Crippen LogP contribution in [-0.2, 0) is 10.3 Å². The highest BCUT2D eigenvalue weighted by Gasteiger charge is 2.50. The van der Waals surface area contributed by atoms with E-state index in [9.17, 15) is 14.4 Å². The Bertz CT molecular complexity index is 1020. The summed E-state index contributed by atoms with van der Waals surface area (Å²) in [6, 6.07) is 5.86. The lowest BCUT2D eigenvalue weighted by Crippen LogP contribution is -2.41. The van der Waals surface area contributed by atoms with E-state index in [0.29, 0.717) is 34.6 Å². The van der Waals surface area contributed by atoms with Crippen molar-refractivity contribution in [2.75, 3.05) is 19.8 Å². The van der Waals surface area contributed by atoms with Crippen molar-refractivity contribution in [3.05, 3.63) is 44.1 Å². The van der Waals surface area contributed by atoms with Crippen LogP contribution in [0, 0.1) is 0 Å². The lowest BCUT2D eigenvalue weighted by Gasteiger charge is -2.23. The first-order chi connectivity index (χ1) is 13.8. The second kappa shape index (κ2) is 7.51. The lowest BCUT2D eigenvalue weighted by atomic mass is 9.91. The van der Waals surface area contributed by atoms with Crippen LogP contribution >= 0.6 is 34.5 Å². The van der Waals surface area contributed by atoms with Gasteiger partial charge in [0.15, 0.2) is 17.3 Å². The molecule has 1 aromatic carbocycles. The summed E-state index contributed by atoms with van der Waals surface area (Å²) in [4.78, 5) is 39.0. The number of hydrogen-bond acceptors (Lipinski definition) is 6. The molecule has 0 spiro atoms. The number of hydrogen-bond donors (Lipinski definition) is 1. The summed E-state index contributed by atoms with van der Waals surface area (Å²) in [5.41, 5.74) is -0.615. The molecule has 2 aliphatic rings. The molecule has 2 aromatic rings. The van der Waals surface area contributed by atoms with Gasteiger partial charge in [0, 0.05) is 6.42 Å². The molecule has 0 saturated carbocycles. The van der Waals surface area contributed by atoms with Crippen LogP contribution in [-0.4, -0.2) is 42.4 Å². The van der Waals surface area contributed by atoms with Gasteiger partial charge in [-0.15, -0.1) is 11.3 Å². The van der Waals surface area contributed by atoms with Crippen LogP contribution in [0.2, 0.25) is 8.67 Å². The first-order valence-electron chi connectivity index (χ1n) is 8.82. The maximum Gasteiger partial charge on any atom is 0.325 e. The van der Waals surface area contributed by atoms with E-state index in [1.54, 1.807) is 25.1 Å². The number of halogens is 2. The first-order valence-corrected chi connectivity index (χ1v) is 10.4. The number of carbonyl (C=O) groups excluding carboxylic acids is 3. The number of carbonyl (C=O) groups is 3. The number of rotatable bonds is 4. The Hall–Kier alpha value is -2.29. The van der Waals surface area contributed by atoms with Crippen molar-refractivity contribution in [3.8, 4) is 11.5 Å². The van der Waals surface area contributed by atoms with Gasteiger partial charge in [0.1, 0.15) is 9.88 Å². The van der Waals surface area contributed by atoms with Gasteiger partial charge >= 0.3 is 6.03 Å². The fourth-order valence-corrected chi connectivity index (χ4v) is 4.77. The summed E-state index contributed by atoms with van der Waals surface area (Å²) < 4.78 is 11.9. The molecule has 0 unspecified atom stereocenters. The Balaban J connectivity index is 1.59. The van der Waals surface area contributed by atoms with Gasteiger partial charge in [0.25, 0.3) is 5.91 Å². The van der Waals surface area contributed by atoms with E-state index in [1.165, 1.54) is 6.07 Å². The molecule has 2 aliphatic heterocycles. The van der Waals surface area contributed by atoms with Crippen molar-refractivity contribution in [1.82, 2.24) is 10.2 Å². The number of Topliss-reactive ketones (excluding diaryl/α,β-unsaturated/α-hetero) is 1. The molecule has 0 bridgehead atoms. The molecule has 4 rings (SSSR count).